The first kappa shape index (κ1) is 13.8. The van der Waals surface area contributed by atoms with E-state index in [0.717, 1.165) is 6.54 Å². The molecule has 1 aliphatic carbocycles. The smallest absolute Gasteiger partial charge is 0.147 e. The monoisotopic (exact) mass is 287 g/mol. The van der Waals surface area contributed by atoms with Crippen molar-refractivity contribution in [3.05, 3.63) is 16.1 Å². The van der Waals surface area contributed by atoms with Gasteiger partial charge in [-0.1, -0.05) is 43.0 Å². The van der Waals surface area contributed by atoms with Gasteiger partial charge in [0, 0.05) is 6.54 Å². The molecule has 1 aromatic heterocycles. The summed E-state index contributed by atoms with van der Waals surface area (Å²) in [6.45, 7) is 3.15. The van der Waals surface area contributed by atoms with E-state index in [2.05, 4.69) is 17.2 Å². The Kier molecular flexibility index (Phi) is 4.23. The second kappa shape index (κ2) is 5.54. The Morgan fingerprint density at radius 2 is 2.00 bits per heavy atom. The molecule has 0 aromatic carbocycles. The average molecular weight is 288 g/mol. The number of pyridine rings is 1. The molecule has 18 heavy (non-hydrogen) atoms. The summed E-state index contributed by atoms with van der Waals surface area (Å²) in [5.74, 6) is 0.957. The number of hydrogen-bond acceptors (Lipinski definition) is 3. The molecule has 0 unspecified atom stereocenters. The van der Waals surface area contributed by atoms with Crippen LogP contribution in [0.4, 0.5) is 11.6 Å². The van der Waals surface area contributed by atoms with E-state index in [1.165, 1.54) is 32.1 Å². The summed E-state index contributed by atoms with van der Waals surface area (Å²) in [6, 6.07) is 1.64. The quantitative estimate of drug-likeness (QED) is 0.865. The number of nitrogens with one attached hydrogen (secondary N) is 1. The van der Waals surface area contributed by atoms with Crippen LogP contribution in [0.3, 0.4) is 0 Å². The van der Waals surface area contributed by atoms with Gasteiger partial charge in [-0.25, -0.2) is 4.98 Å². The van der Waals surface area contributed by atoms with E-state index in [0.29, 0.717) is 27.1 Å². The van der Waals surface area contributed by atoms with Crippen LogP contribution in [-0.2, 0) is 0 Å². The fraction of sp³-hybridized carbons (Fsp3) is 0.615. The maximum Gasteiger partial charge on any atom is 0.147 e. The second-order valence-corrected chi connectivity index (χ2v) is 5.91. The number of hydrogen-bond donors (Lipinski definition) is 2. The number of nitrogens with zero attached hydrogens (tertiary/aromatic N) is 1. The Morgan fingerprint density at radius 3 is 2.61 bits per heavy atom. The minimum atomic E-state index is 0.320. The zero-order valence-corrected chi connectivity index (χ0v) is 12.1. The van der Waals surface area contributed by atoms with E-state index in [9.17, 15) is 0 Å². The maximum absolute atomic E-state index is 6.11. The normalized spacial score (nSPS) is 17.9. The lowest BCUT2D eigenvalue weighted by Crippen LogP contribution is -2.26. The molecule has 0 bridgehead atoms. The van der Waals surface area contributed by atoms with Gasteiger partial charge in [-0.05, 0) is 30.7 Å². The Hall–Kier alpha value is -0.670. The fourth-order valence-electron chi connectivity index (χ4n) is 2.66. The van der Waals surface area contributed by atoms with Crippen LogP contribution in [-0.4, -0.2) is 11.5 Å². The highest BCUT2D eigenvalue weighted by molar-refractivity contribution is 6.37. The molecule has 0 saturated heterocycles. The number of nitrogen functional groups attached to an aromatic ring is 1. The highest BCUT2D eigenvalue weighted by atomic mass is 35.5. The molecule has 1 heterocycles. The van der Waals surface area contributed by atoms with Crippen LogP contribution in [0.1, 0.15) is 39.0 Å². The van der Waals surface area contributed by atoms with E-state index in [1.54, 1.807) is 6.07 Å². The third-order valence-electron chi connectivity index (χ3n) is 4.00. The van der Waals surface area contributed by atoms with Crippen LogP contribution in [0.15, 0.2) is 6.07 Å². The van der Waals surface area contributed by atoms with Crippen molar-refractivity contribution in [2.45, 2.75) is 39.0 Å². The van der Waals surface area contributed by atoms with Crippen LogP contribution >= 0.6 is 23.2 Å². The van der Waals surface area contributed by atoms with Crippen molar-refractivity contribution < 1.29 is 0 Å². The van der Waals surface area contributed by atoms with E-state index in [1.807, 2.05) is 0 Å². The zero-order chi connectivity index (χ0) is 13.2. The molecule has 0 amide bonds. The highest BCUT2D eigenvalue weighted by Gasteiger charge is 2.31. The number of nitrogens with two attached hydrogens (primary N) is 1. The van der Waals surface area contributed by atoms with Crippen molar-refractivity contribution in [3.8, 4) is 0 Å². The molecule has 0 atom stereocenters. The average Bonchev–Trinajstić information content (AvgIpc) is 2.82. The van der Waals surface area contributed by atoms with Crippen molar-refractivity contribution in [1.29, 1.82) is 0 Å². The van der Waals surface area contributed by atoms with Crippen LogP contribution in [0.2, 0.25) is 10.0 Å². The lowest BCUT2D eigenvalue weighted by Gasteiger charge is -2.28. The Labute approximate surface area is 118 Å². The summed E-state index contributed by atoms with van der Waals surface area (Å²) < 4.78 is 0. The first-order valence-electron chi connectivity index (χ1n) is 6.42. The van der Waals surface area contributed by atoms with Gasteiger partial charge in [0.2, 0.25) is 0 Å². The topological polar surface area (TPSA) is 50.9 Å². The molecule has 0 radical (unpaired) electrons. The van der Waals surface area contributed by atoms with Gasteiger partial charge in [0.25, 0.3) is 0 Å². The highest BCUT2D eigenvalue weighted by Crippen LogP contribution is 2.41. The molecule has 0 aliphatic heterocycles. The van der Waals surface area contributed by atoms with E-state index in [-0.39, 0.29) is 0 Å². The van der Waals surface area contributed by atoms with Crippen molar-refractivity contribution >= 4 is 34.8 Å². The van der Waals surface area contributed by atoms with Gasteiger partial charge in [-0.15, -0.1) is 0 Å². The predicted octanol–water partition coefficient (Wildman–Crippen LogP) is 4.35. The summed E-state index contributed by atoms with van der Waals surface area (Å²) in [5.41, 5.74) is 6.09. The maximum atomic E-state index is 6.11. The molecule has 1 aliphatic rings. The number of halogens is 2. The lowest BCUT2D eigenvalue weighted by molar-refractivity contribution is 0.306. The number of rotatable bonds is 4. The van der Waals surface area contributed by atoms with Gasteiger partial charge >= 0.3 is 0 Å². The van der Waals surface area contributed by atoms with Crippen molar-refractivity contribution in [1.82, 2.24) is 4.98 Å². The molecule has 3 nitrogen and oxygen atoms in total. The van der Waals surface area contributed by atoms with Crippen LogP contribution < -0.4 is 11.1 Å². The molecule has 1 aromatic rings. The zero-order valence-electron chi connectivity index (χ0n) is 10.6. The fourth-order valence-corrected chi connectivity index (χ4v) is 3.08. The Morgan fingerprint density at radius 1 is 1.33 bits per heavy atom. The SMILES string of the molecule is CCC1(CNc2nc(N)c(Cl)cc2Cl)CCCC1. The van der Waals surface area contributed by atoms with Crippen LogP contribution in [0.5, 0.6) is 0 Å². The first-order chi connectivity index (χ1) is 8.56. The molecular weight excluding hydrogens is 269 g/mol. The molecule has 1 saturated carbocycles. The van der Waals surface area contributed by atoms with E-state index in [4.69, 9.17) is 28.9 Å². The van der Waals surface area contributed by atoms with Crippen molar-refractivity contribution in [2.24, 2.45) is 5.41 Å². The van der Waals surface area contributed by atoms with Gasteiger partial charge in [-0.2, -0.15) is 0 Å². The largest absolute Gasteiger partial charge is 0.382 e. The third kappa shape index (κ3) is 2.83. The summed E-state index contributed by atoms with van der Waals surface area (Å²) in [5, 5.41) is 4.26. The van der Waals surface area contributed by atoms with Gasteiger partial charge in [-0.3, -0.25) is 0 Å². The molecule has 5 heteroatoms. The van der Waals surface area contributed by atoms with Crippen molar-refractivity contribution in [3.63, 3.8) is 0 Å². The van der Waals surface area contributed by atoms with Gasteiger partial charge in [0.15, 0.2) is 0 Å². The predicted molar refractivity (Wildman–Crippen MR) is 78.4 cm³/mol. The molecule has 100 valence electrons. The molecule has 3 N–H and O–H groups in total. The molecule has 2 rings (SSSR count). The number of aromatic nitrogens is 1. The molecular formula is C13H19Cl2N3. The Bertz CT molecular complexity index is 428. The molecule has 0 spiro atoms. The first-order valence-corrected chi connectivity index (χ1v) is 7.17. The molecule has 1 fully saturated rings. The standard InChI is InChI=1S/C13H19Cl2N3/c1-2-13(5-3-4-6-13)8-17-12-10(15)7-9(14)11(16)18-12/h7H,2-6,8H2,1H3,(H3,16,17,18). The summed E-state index contributed by atoms with van der Waals surface area (Å²) in [7, 11) is 0. The van der Waals surface area contributed by atoms with Gasteiger partial charge in [0.1, 0.15) is 11.6 Å². The summed E-state index contributed by atoms with van der Waals surface area (Å²) in [6.07, 6.45) is 6.37. The summed E-state index contributed by atoms with van der Waals surface area (Å²) >= 11 is 12.0. The third-order valence-corrected chi connectivity index (χ3v) is 4.59. The van der Waals surface area contributed by atoms with E-state index < -0.39 is 0 Å². The van der Waals surface area contributed by atoms with Gasteiger partial charge < -0.3 is 11.1 Å². The lowest BCUT2D eigenvalue weighted by atomic mass is 9.83. The minimum Gasteiger partial charge on any atom is -0.382 e. The summed E-state index contributed by atoms with van der Waals surface area (Å²) in [4.78, 5) is 4.20. The van der Waals surface area contributed by atoms with Crippen LogP contribution in [0, 0.1) is 5.41 Å². The van der Waals surface area contributed by atoms with Crippen molar-refractivity contribution in [2.75, 3.05) is 17.6 Å². The van der Waals surface area contributed by atoms with Gasteiger partial charge in [0.05, 0.1) is 10.0 Å². The van der Waals surface area contributed by atoms with E-state index >= 15 is 0 Å². The number of anilines is 2. The Balaban J connectivity index is 2.08. The second-order valence-electron chi connectivity index (χ2n) is 5.10. The minimum absolute atomic E-state index is 0.320. The van der Waals surface area contributed by atoms with Crippen LogP contribution in [0.25, 0.3) is 0 Å².